The molecule has 0 atom stereocenters. The van der Waals surface area contributed by atoms with Crippen LogP contribution in [0.15, 0.2) is 30.6 Å². The second-order valence-electron chi connectivity index (χ2n) is 5.24. The number of hydrogen-bond donors (Lipinski definition) is 1. The maximum atomic E-state index is 4.52. The van der Waals surface area contributed by atoms with E-state index >= 15 is 0 Å². The Bertz CT molecular complexity index is 813. The molecule has 5 nitrogen and oxygen atoms in total. The van der Waals surface area contributed by atoms with Crippen LogP contribution in [0, 0.1) is 7.40 Å². The third-order valence-corrected chi connectivity index (χ3v) is 4.45. The number of hydrogen-bond acceptors (Lipinski definition) is 4. The van der Waals surface area contributed by atoms with Gasteiger partial charge in [-0.2, -0.15) is 0 Å². The maximum absolute atomic E-state index is 4.52. The first-order valence-corrected chi connectivity index (χ1v) is 9.08. The molecule has 0 aliphatic rings. The van der Waals surface area contributed by atoms with Gasteiger partial charge in [-0.3, -0.25) is 0 Å². The van der Waals surface area contributed by atoms with Crippen LogP contribution in [0.4, 0.5) is 5.82 Å². The normalized spacial score (nSPS) is 11.3. The van der Waals surface area contributed by atoms with Gasteiger partial charge in [-0.05, 0) is 54.1 Å². The quantitative estimate of drug-likeness (QED) is 0.415. The Morgan fingerprint density at radius 3 is 2.77 bits per heavy atom. The number of anilines is 1. The Balaban J connectivity index is 1.93. The molecule has 3 rings (SSSR count). The second-order valence-corrected chi connectivity index (χ2v) is 7.45. The predicted molar refractivity (Wildman–Crippen MR) is 105 cm³/mol. The molecule has 7 heteroatoms. The monoisotopic (exact) mass is 519 g/mol. The van der Waals surface area contributed by atoms with Gasteiger partial charge >= 0.3 is 0 Å². The fourth-order valence-electron chi connectivity index (χ4n) is 2.22. The van der Waals surface area contributed by atoms with Crippen molar-refractivity contribution in [1.82, 2.24) is 19.5 Å². The van der Waals surface area contributed by atoms with Crippen molar-refractivity contribution in [1.29, 1.82) is 0 Å². The lowest BCUT2D eigenvalue weighted by Crippen LogP contribution is -2.06. The van der Waals surface area contributed by atoms with Gasteiger partial charge in [0.15, 0.2) is 20.8 Å². The van der Waals surface area contributed by atoms with Crippen molar-refractivity contribution in [3.05, 3.63) is 43.6 Å². The second kappa shape index (κ2) is 6.65. The molecule has 0 aliphatic carbocycles. The lowest BCUT2D eigenvalue weighted by atomic mass is 10.2. The largest absolute Gasteiger partial charge is 0.364 e. The summed E-state index contributed by atoms with van der Waals surface area (Å²) in [5, 5.41) is 3.39. The van der Waals surface area contributed by atoms with Crippen molar-refractivity contribution in [3.63, 3.8) is 0 Å². The highest BCUT2D eigenvalue weighted by Gasteiger charge is 2.13. The van der Waals surface area contributed by atoms with Crippen molar-refractivity contribution < 1.29 is 0 Å². The van der Waals surface area contributed by atoms with Crippen molar-refractivity contribution in [3.8, 4) is 0 Å². The minimum absolute atomic E-state index is 0.319. The molecule has 0 fully saturated rings. The van der Waals surface area contributed by atoms with Gasteiger partial charge in [0.25, 0.3) is 0 Å². The van der Waals surface area contributed by atoms with Crippen molar-refractivity contribution in [2.24, 2.45) is 0 Å². The topological polar surface area (TPSA) is 55.6 Å². The van der Waals surface area contributed by atoms with E-state index in [9.17, 15) is 0 Å². The third-order valence-electron chi connectivity index (χ3n) is 3.30. The summed E-state index contributed by atoms with van der Waals surface area (Å²) in [5.41, 5.74) is 2.91. The van der Waals surface area contributed by atoms with Crippen LogP contribution in [0.3, 0.4) is 0 Å². The zero-order valence-electron chi connectivity index (χ0n) is 12.2. The molecule has 3 aromatic rings. The summed E-state index contributed by atoms with van der Waals surface area (Å²) in [4.78, 5) is 13.5. The fraction of sp³-hybridized carbons (Fsp3) is 0.267. The third kappa shape index (κ3) is 3.34. The van der Waals surface area contributed by atoms with Crippen molar-refractivity contribution in [2.75, 3.05) is 5.32 Å². The molecule has 0 radical (unpaired) electrons. The standard InChI is InChI=1S/C15H15I2N5/c1-9(2)22-8-19-12-13(20-15(17)21-14(12)22)18-7-10-4-3-5-11(16)6-10/h3-6,8-9H,7H2,1-2H3,(H,18,20,21). The maximum Gasteiger partial charge on any atom is 0.194 e. The van der Waals surface area contributed by atoms with E-state index < -0.39 is 0 Å². The predicted octanol–water partition coefficient (Wildman–Crippen LogP) is 4.23. The number of imidazole rings is 1. The van der Waals surface area contributed by atoms with E-state index in [2.05, 4.69) is 108 Å². The smallest absolute Gasteiger partial charge is 0.194 e. The molecule has 0 unspecified atom stereocenters. The van der Waals surface area contributed by atoms with Gasteiger partial charge in [0.1, 0.15) is 0 Å². The first-order valence-electron chi connectivity index (χ1n) is 6.93. The van der Waals surface area contributed by atoms with E-state index in [1.807, 2.05) is 6.33 Å². The van der Waals surface area contributed by atoms with Crippen LogP contribution >= 0.6 is 45.2 Å². The molecule has 1 aromatic carbocycles. The highest BCUT2D eigenvalue weighted by molar-refractivity contribution is 14.1. The molecule has 1 N–H and O–H groups in total. The number of aromatic nitrogens is 4. The Hall–Kier alpha value is -0.970. The number of benzene rings is 1. The van der Waals surface area contributed by atoms with Gasteiger partial charge in [0.05, 0.1) is 6.33 Å². The lowest BCUT2D eigenvalue weighted by Gasteiger charge is -2.09. The van der Waals surface area contributed by atoms with Crippen LogP contribution in [0.2, 0.25) is 0 Å². The van der Waals surface area contributed by atoms with Crippen molar-refractivity contribution in [2.45, 2.75) is 26.4 Å². The average Bonchev–Trinajstić information content (AvgIpc) is 2.88. The Kier molecular flexibility index (Phi) is 4.81. The Morgan fingerprint density at radius 1 is 1.23 bits per heavy atom. The molecule has 2 aromatic heterocycles. The van der Waals surface area contributed by atoms with E-state index in [1.54, 1.807) is 0 Å². The molecular weight excluding hydrogens is 504 g/mol. The summed E-state index contributed by atoms with van der Waals surface area (Å²) in [6.07, 6.45) is 1.83. The summed E-state index contributed by atoms with van der Waals surface area (Å²) < 4.78 is 4.01. The van der Waals surface area contributed by atoms with Crippen LogP contribution in [0.5, 0.6) is 0 Å². The zero-order chi connectivity index (χ0) is 15.7. The molecule has 2 heterocycles. The first-order chi connectivity index (χ1) is 10.5. The van der Waals surface area contributed by atoms with Gasteiger partial charge < -0.3 is 9.88 Å². The van der Waals surface area contributed by atoms with Crippen LogP contribution in [0.25, 0.3) is 11.2 Å². The van der Waals surface area contributed by atoms with Crippen molar-refractivity contribution >= 4 is 62.2 Å². The number of fused-ring (bicyclic) bond motifs is 1. The van der Waals surface area contributed by atoms with E-state index in [1.165, 1.54) is 9.13 Å². The minimum atomic E-state index is 0.319. The molecule has 114 valence electrons. The SMILES string of the molecule is CC(C)n1cnc2c(NCc3cccc(I)c3)nc(I)nc21. The molecule has 0 bridgehead atoms. The number of nitrogens with zero attached hydrogens (tertiary/aromatic N) is 4. The zero-order valence-corrected chi connectivity index (χ0v) is 16.5. The fourth-order valence-corrected chi connectivity index (χ4v) is 3.30. The van der Waals surface area contributed by atoms with Gasteiger partial charge in [-0.1, -0.05) is 12.1 Å². The number of rotatable bonds is 4. The van der Waals surface area contributed by atoms with Gasteiger partial charge in [-0.25, -0.2) is 15.0 Å². The summed E-state index contributed by atoms with van der Waals surface area (Å²) in [7, 11) is 0. The highest BCUT2D eigenvalue weighted by Crippen LogP contribution is 2.23. The van der Waals surface area contributed by atoms with E-state index in [4.69, 9.17) is 0 Å². The summed E-state index contributed by atoms with van der Waals surface area (Å²) in [5.74, 6) is 0.785. The minimum Gasteiger partial charge on any atom is -0.364 e. The molecule has 0 amide bonds. The summed E-state index contributed by atoms with van der Waals surface area (Å²) in [6.45, 7) is 4.96. The number of halogens is 2. The average molecular weight is 519 g/mol. The summed E-state index contributed by atoms with van der Waals surface area (Å²) >= 11 is 4.47. The molecule has 0 saturated carbocycles. The summed E-state index contributed by atoms with van der Waals surface area (Å²) in [6, 6.07) is 8.72. The molecule has 0 spiro atoms. The van der Waals surface area contributed by atoms with Crippen LogP contribution in [0.1, 0.15) is 25.5 Å². The van der Waals surface area contributed by atoms with E-state index in [0.29, 0.717) is 12.6 Å². The van der Waals surface area contributed by atoms with Gasteiger partial charge in [-0.15, -0.1) is 0 Å². The van der Waals surface area contributed by atoms with Crippen LogP contribution < -0.4 is 5.32 Å². The van der Waals surface area contributed by atoms with Crippen LogP contribution in [-0.2, 0) is 6.54 Å². The Morgan fingerprint density at radius 2 is 2.05 bits per heavy atom. The van der Waals surface area contributed by atoms with E-state index in [0.717, 1.165) is 20.8 Å². The van der Waals surface area contributed by atoms with Crippen LogP contribution in [-0.4, -0.2) is 19.5 Å². The molecule has 0 saturated heterocycles. The first kappa shape index (κ1) is 15.9. The number of nitrogens with one attached hydrogen (secondary N) is 1. The highest BCUT2D eigenvalue weighted by atomic mass is 127. The molecule has 0 aliphatic heterocycles. The lowest BCUT2D eigenvalue weighted by molar-refractivity contribution is 0.612. The Labute approximate surface area is 156 Å². The van der Waals surface area contributed by atoms with E-state index in [-0.39, 0.29) is 0 Å². The molecular formula is C15H15I2N5. The van der Waals surface area contributed by atoms with Gasteiger partial charge in [0, 0.05) is 38.7 Å². The molecule has 22 heavy (non-hydrogen) atoms. The van der Waals surface area contributed by atoms with Gasteiger partial charge in [0.2, 0.25) is 0 Å².